The number of aliphatic hydroxyl groups is 1. The number of Topliss-reactive ketones (excluding diaryl/α,β-unsaturated/α-hetero) is 1. The van der Waals surface area contributed by atoms with E-state index in [1.807, 2.05) is 27.7 Å². The Morgan fingerprint density at radius 3 is 2.09 bits per heavy atom. The number of ether oxygens (including phenoxy) is 3. The van der Waals surface area contributed by atoms with Crippen LogP contribution in [-0.4, -0.2) is 155 Å². The van der Waals surface area contributed by atoms with Crippen molar-refractivity contribution in [3.05, 3.63) is 29.8 Å². The fourth-order valence-electron chi connectivity index (χ4n) is 8.82. The van der Waals surface area contributed by atoms with E-state index in [1.54, 1.807) is 52.0 Å². The second-order valence-electron chi connectivity index (χ2n) is 20.3. The van der Waals surface area contributed by atoms with Crippen LogP contribution in [0.5, 0.6) is 5.75 Å². The van der Waals surface area contributed by atoms with Crippen LogP contribution in [0, 0.1) is 29.6 Å². The van der Waals surface area contributed by atoms with Crippen molar-refractivity contribution in [3.63, 3.8) is 0 Å². The molecule has 0 aromatic heterocycles. The second kappa shape index (κ2) is 26.6. The summed E-state index contributed by atoms with van der Waals surface area (Å²) < 4.78 is 17.1. The van der Waals surface area contributed by atoms with Gasteiger partial charge in [-0.25, -0.2) is 4.79 Å². The summed E-state index contributed by atoms with van der Waals surface area (Å²) in [5, 5.41) is 19.9. The predicted molar refractivity (Wildman–Crippen MR) is 259 cm³/mol. The fraction of sp³-hybridized carbons (Fsp3) is 0.706. The van der Waals surface area contributed by atoms with Crippen LogP contribution in [0.3, 0.4) is 0 Å². The lowest BCUT2D eigenvalue weighted by molar-refractivity contribution is -0.163. The first kappa shape index (κ1) is 58.7. The molecular formula is C51H80N6O13. The van der Waals surface area contributed by atoms with E-state index in [1.165, 1.54) is 56.7 Å². The number of likely N-dealkylation sites (N-methyl/N-ethyl adjacent to an activating group) is 2. The summed E-state index contributed by atoms with van der Waals surface area (Å²) >= 11 is 0. The lowest BCUT2D eigenvalue weighted by Crippen LogP contribution is -2.61. The van der Waals surface area contributed by atoms with Gasteiger partial charge in [-0.05, 0) is 80.9 Å². The number of cyclic esters (lactones) is 2. The first-order valence-electron chi connectivity index (χ1n) is 24.7. The number of amides is 6. The number of hydrogen-bond donors (Lipinski definition) is 4. The molecule has 2 fully saturated rings. The topological polar surface area (TPSA) is 247 Å². The molecule has 1 aromatic carbocycles. The third-order valence-corrected chi connectivity index (χ3v) is 13.5. The van der Waals surface area contributed by atoms with Crippen LogP contribution in [0.1, 0.15) is 120 Å². The molecular weight excluding hydrogens is 905 g/mol. The molecule has 1 aromatic rings. The first-order chi connectivity index (χ1) is 32.7. The zero-order valence-electron chi connectivity index (χ0n) is 43.7. The van der Waals surface area contributed by atoms with Crippen LogP contribution < -0.4 is 20.7 Å². The van der Waals surface area contributed by atoms with E-state index in [-0.39, 0.29) is 44.1 Å². The van der Waals surface area contributed by atoms with Crippen molar-refractivity contribution >= 4 is 53.2 Å². The molecule has 0 spiro atoms. The number of rotatable bonds is 13. The fourth-order valence-corrected chi connectivity index (χ4v) is 8.82. The van der Waals surface area contributed by atoms with Crippen molar-refractivity contribution in [1.82, 2.24) is 30.7 Å². The van der Waals surface area contributed by atoms with Gasteiger partial charge in [-0.15, -0.1) is 0 Å². The lowest BCUT2D eigenvalue weighted by atomic mass is 9.91. The normalized spacial score (nSPS) is 27.1. The van der Waals surface area contributed by atoms with Crippen LogP contribution in [0.15, 0.2) is 24.3 Å². The average molecular weight is 985 g/mol. The third kappa shape index (κ3) is 15.7. The van der Waals surface area contributed by atoms with Gasteiger partial charge in [0.15, 0.2) is 11.9 Å². The Hall–Kier alpha value is -5.59. The Balaban J connectivity index is 2.27. The van der Waals surface area contributed by atoms with Crippen LogP contribution in [-0.2, 0) is 59.0 Å². The monoisotopic (exact) mass is 985 g/mol. The lowest BCUT2D eigenvalue weighted by Gasteiger charge is -2.36. The zero-order valence-corrected chi connectivity index (χ0v) is 43.7. The molecule has 0 radical (unpaired) electrons. The number of hydrogen-bond acceptors (Lipinski definition) is 13. The zero-order chi connectivity index (χ0) is 52.9. The van der Waals surface area contributed by atoms with Gasteiger partial charge in [0.2, 0.25) is 35.4 Å². The summed E-state index contributed by atoms with van der Waals surface area (Å²) in [6.07, 6.45) is -3.84. The van der Waals surface area contributed by atoms with Crippen LogP contribution in [0.2, 0.25) is 0 Å². The summed E-state index contributed by atoms with van der Waals surface area (Å²) in [7, 11) is 4.37. The van der Waals surface area contributed by atoms with Gasteiger partial charge in [0.25, 0.3) is 0 Å². The van der Waals surface area contributed by atoms with Crippen molar-refractivity contribution in [1.29, 1.82) is 0 Å². The van der Waals surface area contributed by atoms with Crippen LogP contribution in [0.4, 0.5) is 0 Å². The minimum Gasteiger partial charge on any atom is -0.497 e. The Bertz CT molecular complexity index is 2010. The van der Waals surface area contributed by atoms with E-state index in [4.69, 9.17) is 14.2 Å². The molecule has 19 heteroatoms. The number of carbonyl (C=O) groups excluding carboxylic acids is 9. The molecule has 0 aliphatic carbocycles. The van der Waals surface area contributed by atoms with Gasteiger partial charge in [0.1, 0.15) is 42.1 Å². The molecule has 2 heterocycles. The van der Waals surface area contributed by atoms with Gasteiger partial charge in [-0.1, -0.05) is 73.9 Å². The molecule has 70 heavy (non-hydrogen) atoms. The minimum atomic E-state index is -1.66. The molecule has 4 N–H and O–H groups in total. The Morgan fingerprint density at radius 2 is 1.54 bits per heavy atom. The molecule has 3 rings (SSSR count). The average Bonchev–Trinajstić information content (AvgIpc) is 3.80. The highest BCUT2D eigenvalue weighted by Gasteiger charge is 2.44. The number of carbonyl (C=O) groups is 9. The number of nitrogens with one attached hydrogen (secondary N) is 3. The van der Waals surface area contributed by atoms with E-state index in [0.717, 1.165) is 0 Å². The third-order valence-electron chi connectivity index (χ3n) is 13.5. The number of nitrogens with zero attached hydrogens (tertiary/aromatic N) is 3. The van der Waals surface area contributed by atoms with Gasteiger partial charge in [0, 0.05) is 34.0 Å². The number of benzene rings is 1. The molecule has 0 saturated carbocycles. The number of esters is 2. The molecule has 2 aliphatic rings. The summed E-state index contributed by atoms with van der Waals surface area (Å²) in [6.45, 7) is 18.4. The van der Waals surface area contributed by atoms with E-state index in [0.29, 0.717) is 24.2 Å². The van der Waals surface area contributed by atoms with Gasteiger partial charge in [-0.2, -0.15) is 0 Å². The SMILES string of the molecule is CC[C@H](C)C1NC(=O)C(NC(=O)[C@@H](CC(C)C)N(C)C(C)=O)[C@@H](C)OC(=O)C(Cc2ccc(OC)cc2)N(C)C(=O)[C@@H]2CCCN2C(=O)C(CC(C)C)NC(=O)[C@@H](C)C(=O)C(C(C)C)OC(=O)C[C@@H]1O. The second-order valence-corrected chi connectivity index (χ2v) is 20.3. The van der Waals surface area contributed by atoms with E-state index >= 15 is 0 Å². The smallest absolute Gasteiger partial charge is 0.329 e. The maximum Gasteiger partial charge on any atom is 0.329 e. The van der Waals surface area contributed by atoms with Gasteiger partial charge in [0.05, 0.1) is 31.6 Å². The molecule has 0 bridgehead atoms. The van der Waals surface area contributed by atoms with E-state index in [9.17, 15) is 48.3 Å². The van der Waals surface area contributed by atoms with Crippen molar-refractivity contribution in [2.45, 2.75) is 176 Å². The molecule has 392 valence electrons. The van der Waals surface area contributed by atoms with Gasteiger partial charge in [-0.3, -0.25) is 38.4 Å². The molecule has 2 saturated heterocycles. The van der Waals surface area contributed by atoms with Crippen LogP contribution >= 0.6 is 0 Å². The molecule has 11 atom stereocenters. The van der Waals surface area contributed by atoms with E-state index < -0.39 is 132 Å². The standard InChI is InChI=1S/C51H80N6O13/c1-15-30(8)42-40(59)26-41(60)70-45(29(6)7)44(61)31(9)46(62)52-36(23-27(2)3)49(65)57-22-16-17-37(57)50(66)56(13)39(25-34-18-20-35(68-14)21-19-34)51(67)69-32(10)43(48(64)53-42)54-47(63)38(24-28(4)5)55(12)33(11)58/h18-21,27-32,36-40,42-43,45,59H,15-17,22-26H2,1-14H3,(H,52,62)(H,53,64)(H,54,63)/t30-,31-,32+,36?,37-,38+,39?,40-,42?,43?,45?/m0/s1. The summed E-state index contributed by atoms with van der Waals surface area (Å²) in [4.78, 5) is 131. The van der Waals surface area contributed by atoms with Crippen molar-refractivity contribution in [3.8, 4) is 5.75 Å². The molecule has 19 nitrogen and oxygen atoms in total. The minimum absolute atomic E-state index is 0.0762. The highest BCUT2D eigenvalue weighted by molar-refractivity contribution is 6.05. The highest BCUT2D eigenvalue weighted by atomic mass is 16.6. The molecule has 2 aliphatic heterocycles. The Morgan fingerprint density at radius 1 is 0.914 bits per heavy atom. The van der Waals surface area contributed by atoms with Crippen molar-refractivity contribution < 1.29 is 62.5 Å². The number of methoxy groups -OCH3 is 1. The maximum absolute atomic E-state index is 14.8. The predicted octanol–water partition coefficient (Wildman–Crippen LogP) is 2.96. The number of fused-ring (bicyclic) bond motifs is 1. The first-order valence-corrected chi connectivity index (χ1v) is 24.7. The largest absolute Gasteiger partial charge is 0.497 e. The maximum atomic E-state index is 14.8. The quantitative estimate of drug-likeness (QED) is 0.164. The summed E-state index contributed by atoms with van der Waals surface area (Å²) in [5.74, 6) is -8.83. The van der Waals surface area contributed by atoms with Gasteiger partial charge < -0.3 is 50.0 Å². The Kier molecular flexibility index (Phi) is 22.3. The van der Waals surface area contributed by atoms with Crippen LogP contribution in [0.25, 0.3) is 0 Å². The summed E-state index contributed by atoms with van der Waals surface area (Å²) in [5.41, 5.74) is 0.602. The van der Waals surface area contributed by atoms with E-state index in [2.05, 4.69) is 16.0 Å². The summed E-state index contributed by atoms with van der Waals surface area (Å²) in [6, 6.07) is -0.630. The highest BCUT2D eigenvalue weighted by Crippen LogP contribution is 2.26. The Labute approximate surface area is 413 Å². The molecule has 6 amide bonds. The van der Waals surface area contributed by atoms with Crippen molar-refractivity contribution in [2.75, 3.05) is 27.7 Å². The molecule has 5 unspecified atom stereocenters. The number of ketones is 1. The van der Waals surface area contributed by atoms with Crippen molar-refractivity contribution in [2.24, 2.45) is 29.6 Å². The van der Waals surface area contributed by atoms with Gasteiger partial charge >= 0.3 is 11.9 Å². The number of aliphatic hydroxyl groups excluding tert-OH is 1.